The van der Waals surface area contributed by atoms with E-state index >= 15 is 0 Å². The first-order valence-corrected chi connectivity index (χ1v) is 11.9. The molecule has 0 aromatic carbocycles. The van der Waals surface area contributed by atoms with Gasteiger partial charge in [0.1, 0.15) is 19.0 Å². The third kappa shape index (κ3) is 5.35. The Morgan fingerprint density at radius 1 is 1.22 bits per heavy atom. The average Bonchev–Trinajstić information content (AvgIpc) is 2.92. The van der Waals surface area contributed by atoms with Crippen molar-refractivity contribution in [3.8, 4) is 17.4 Å². The van der Waals surface area contributed by atoms with Crippen LogP contribution < -0.4 is 14.2 Å². The van der Waals surface area contributed by atoms with Gasteiger partial charge >= 0.3 is 6.09 Å². The van der Waals surface area contributed by atoms with Gasteiger partial charge in [-0.3, -0.25) is 14.9 Å². The summed E-state index contributed by atoms with van der Waals surface area (Å²) in [6, 6.07) is 4.55. The van der Waals surface area contributed by atoms with Crippen LogP contribution in [0.5, 0.6) is 17.4 Å². The molecule has 3 aromatic rings. The Morgan fingerprint density at radius 3 is 2.76 bits per heavy atom. The maximum atomic E-state index is 14.7. The number of pyridine rings is 3. The number of ether oxygens (including phenoxy) is 4. The Balaban J connectivity index is 1.24. The van der Waals surface area contributed by atoms with Gasteiger partial charge in [-0.15, -0.1) is 0 Å². The predicted octanol–water partition coefficient (Wildman–Crippen LogP) is 2.57. The SMILES string of the molecule is COc1ccc2ncc(F)c(C[C@H](O)[C@@H]3CC[C@@H](N(Cc4cc5c(cn4)OCCO5)C(=O)O)CO3)c2n1. The molecule has 0 aliphatic carbocycles. The van der Waals surface area contributed by atoms with Crippen molar-refractivity contribution in [1.82, 2.24) is 19.9 Å². The number of rotatable bonds is 7. The molecular formula is C25H27FN4O7. The summed E-state index contributed by atoms with van der Waals surface area (Å²) in [7, 11) is 1.46. The number of halogens is 1. The Labute approximate surface area is 211 Å². The zero-order valence-corrected chi connectivity index (χ0v) is 20.2. The molecule has 3 atom stereocenters. The summed E-state index contributed by atoms with van der Waals surface area (Å²) in [5, 5.41) is 20.7. The van der Waals surface area contributed by atoms with E-state index < -0.39 is 30.2 Å². The van der Waals surface area contributed by atoms with Gasteiger partial charge in [-0.1, -0.05) is 0 Å². The van der Waals surface area contributed by atoms with E-state index in [1.54, 1.807) is 18.2 Å². The van der Waals surface area contributed by atoms with Crippen LogP contribution in [-0.2, 0) is 17.7 Å². The molecule has 12 heteroatoms. The van der Waals surface area contributed by atoms with E-state index in [0.717, 1.165) is 6.20 Å². The summed E-state index contributed by atoms with van der Waals surface area (Å²) < 4.78 is 36.7. The molecule has 0 radical (unpaired) electrons. The summed E-state index contributed by atoms with van der Waals surface area (Å²) in [4.78, 5) is 26.0. The van der Waals surface area contributed by atoms with Crippen molar-refractivity contribution in [2.24, 2.45) is 0 Å². The summed E-state index contributed by atoms with van der Waals surface area (Å²) >= 11 is 0. The second-order valence-corrected chi connectivity index (χ2v) is 8.91. The van der Waals surface area contributed by atoms with E-state index in [2.05, 4.69) is 15.0 Å². The monoisotopic (exact) mass is 514 g/mol. The standard InChI is InChI=1S/C25H27FN4O7/c1-34-23-5-3-18-24(29-23)16(17(26)10-28-18)9-19(31)20-4-2-15(13-37-20)30(25(32)33)12-14-8-21-22(11-27-14)36-7-6-35-21/h3,5,8,10-11,15,19-20,31H,2,4,6-7,9,12-13H2,1H3,(H,32,33)/t15-,19+,20+/m1/s1. The predicted molar refractivity (Wildman–Crippen MR) is 127 cm³/mol. The minimum atomic E-state index is -1.10. The first kappa shape index (κ1) is 24.9. The average molecular weight is 515 g/mol. The lowest BCUT2D eigenvalue weighted by atomic mass is 9.95. The number of hydrogen-bond donors (Lipinski definition) is 2. The molecule has 2 aliphatic heterocycles. The van der Waals surface area contributed by atoms with Crippen LogP contribution in [0.4, 0.5) is 9.18 Å². The van der Waals surface area contributed by atoms with Crippen LogP contribution in [0.1, 0.15) is 24.1 Å². The number of aromatic nitrogens is 3. The van der Waals surface area contributed by atoms with Gasteiger partial charge in [0.05, 0.1) is 67.6 Å². The molecule has 3 aromatic heterocycles. The fourth-order valence-electron chi connectivity index (χ4n) is 4.64. The molecule has 0 unspecified atom stereocenters. The number of hydrogen-bond acceptors (Lipinski definition) is 9. The van der Waals surface area contributed by atoms with E-state index in [0.29, 0.717) is 60.2 Å². The van der Waals surface area contributed by atoms with Crippen LogP contribution in [0.15, 0.2) is 30.6 Å². The third-order valence-electron chi connectivity index (χ3n) is 6.58. The molecule has 1 amide bonds. The highest BCUT2D eigenvalue weighted by atomic mass is 19.1. The maximum absolute atomic E-state index is 14.7. The van der Waals surface area contributed by atoms with Gasteiger partial charge in [-0.05, 0) is 18.9 Å². The van der Waals surface area contributed by atoms with Crippen LogP contribution in [-0.4, -0.2) is 81.3 Å². The number of amides is 1. The second-order valence-electron chi connectivity index (χ2n) is 8.91. The Bertz CT molecular complexity index is 1290. The van der Waals surface area contributed by atoms with Crippen molar-refractivity contribution in [3.05, 3.63) is 47.7 Å². The molecule has 0 spiro atoms. The molecule has 1 saturated heterocycles. The summed E-state index contributed by atoms with van der Waals surface area (Å²) in [5.74, 6) is 0.799. The van der Waals surface area contributed by atoms with Gasteiger partial charge < -0.3 is 29.2 Å². The highest BCUT2D eigenvalue weighted by Gasteiger charge is 2.33. The Hall–Kier alpha value is -3.77. The van der Waals surface area contributed by atoms with E-state index in [1.165, 1.54) is 18.2 Å². The van der Waals surface area contributed by atoms with E-state index in [4.69, 9.17) is 18.9 Å². The minimum Gasteiger partial charge on any atom is -0.486 e. The van der Waals surface area contributed by atoms with Crippen molar-refractivity contribution in [3.63, 3.8) is 0 Å². The topological polar surface area (TPSA) is 136 Å². The van der Waals surface area contributed by atoms with Gasteiger partial charge in [-0.2, -0.15) is 0 Å². The summed E-state index contributed by atoms with van der Waals surface area (Å²) in [5.41, 5.74) is 1.55. The van der Waals surface area contributed by atoms with Crippen LogP contribution in [0.2, 0.25) is 0 Å². The molecule has 5 rings (SSSR count). The molecular weight excluding hydrogens is 487 g/mol. The van der Waals surface area contributed by atoms with Crippen molar-refractivity contribution < 1.29 is 38.3 Å². The molecule has 2 aliphatic rings. The lowest BCUT2D eigenvalue weighted by Crippen LogP contribution is -2.48. The number of carbonyl (C=O) groups is 1. The number of nitrogens with zero attached hydrogens (tertiary/aromatic N) is 4. The first-order valence-electron chi connectivity index (χ1n) is 11.9. The van der Waals surface area contributed by atoms with Crippen LogP contribution in [0.25, 0.3) is 11.0 Å². The van der Waals surface area contributed by atoms with E-state index in [9.17, 15) is 19.4 Å². The summed E-state index contributed by atoms with van der Waals surface area (Å²) in [6.07, 6.45) is 0.737. The van der Waals surface area contributed by atoms with Crippen LogP contribution >= 0.6 is 0 Å². The van der Waals surface area contributed by atoms with Gasteiger partial charge in [0, 0.05) is 24.1 Å². The smallest absolute Gasteiger partial charge is 0.407 e. The van der Waals surface area contributed by atoms with Crippen molar-refractivity contribution >= 4 is 17.1 Å². The maximum Gasteiger partial charge on any atom is 0.407 e. The molecule has 0 saturated carbocycles. The fraction of sp³-hybridized carbons (Fsp3) is 0.440. The molecule has 1 fully saturated rings. The Kier molecular flexibility index (Phi) is 7.19. The quantitative estimate of drug-likeness (QED) is 0.484. The van der Waals surface area contributed by atoms with Gasteiger partial charge in [0.2, 0.25) is 5.88 Å². The number of methoxy groups -OCH3 is 1. The molecule has 0 bridgehead atoms. The number of fused-ring (bicyclic) bond motifs is 2. The number of aliphatic hydroxyl groups excluding tert-OH is 1. The lowest BCUT2D eigenvalue weighted by molar-refractivity contribution is -0.0875. The van der Waals surface area contributed by atoms with E-state index in [-0.39, 0.29) is 25.1 Å². The summed E-state index contributed by atoms with van der Waals surface area (Å²) in [6.45, 7) is 0.998. The Morgan fingerprint density at radius 2 is 2.03 bits per heavy atom. The minimum absolute atomic E-state index is 0.0376. The zero-order chi connectivity index (χ0) is 25.9. The zero-order valence-electron chi connectivity index (χ0n) is 20.2. The van der Waals surface area contributed by atoms with Crippen LogP contribution in [0.3, 0.4) is 0 Å². The molecule has 5 heterocycles. The van der Waals surface area contributed by atoms with E-state index in [1.807, 2.05) is 0 Å². The molecule has 11 nitrogen and oxygen atoms in total. The highest BCUT2D eigenvalue weighted by Crippen LogP contribution is 2.31. The second kappa shape index (κ2) is 10.7. The molecule has 37 heavy (non-hydrogen) atoms. The normalized spacial score (nSPS) is 19.9. The highest BCUT2D eigenvalue weighted by molar-refractivity contribution is 5.78. The van der Waals surface area contributed by atoms with Crippen molar-refractivity contribution in [2.75, 3.05) is 26.9 Å². The van der Waals surface area contributed by atoms with Crippen LogP contribution in [0, 0.1) is 5.82 Å². The lowest BCUT2D eigenvalue weighted by Gasteiger charge is -2.37. The van der Waals surface area contributed by atoms with Gasteiger partial charge in [-0.25, -0.2) is 14.2 Å². The fourth-order valence-corrected chi connectivity index (χ4v) is 4.64. The first-order chi connectivity index (χ1) is 17.9. The van der Waals surface area contributed by atoms with Gasteiger partial charge in [0.15, 0.2) is 11.5 Å². The molecule has 196 valence electrons. The van der Waals surface area contributed by atoms with Gasteiger partial charge in [0.25, 0.3) is 0 Å². The molecule has 2 N–H and O–H groups in total. The van der Waals surface area contributed by atoms with Crippen molar-refractivity contribution in [1.29, 1.82) is 0 Å². The van der Waals surface area contributed by atoms with Crippen molar-refractivity contribution in [2.45, 2.75) is 44.1 Å². The number of carboxylic acid groups (broad SMARTS) is 1. The third-order valence-corrected chi connectivity index (χ3v) is 6.58. The largest absolute Gasteiger partial charge is 0.486 e. The number of aliphatic hydroxyl groups is 1.